The van der Waals surface area contributed by atoms with Crippen LogP contribution >= 0.6 is 0 Å². The first-order valence-electron chi connectivity index (χ1n) is 13.0. The lowest BCUT2D eigenvalue weighted by Crippen LogP contribution is -2.23. The zero-order chi connectivity index (χ0) is 28.3. The molecule has 4 aromatic heterocycles. The van der Waals surface area contributed by atoms with Crippen LogP contribution in [0.25, 0.3) is 28.1 Å². The highest BCUT2D eigenvalue weighted by molar-refractivity contribution is 5.83. The molecule has 0 bridgehead atoms. The number of fused-ring (bicyclic) bond motifs is 1. The summed E-state index contributed by atoms with van der Waals surface area (Å²) < 4.78 is 13.3. The maximum atomic E-state index is 13.5. The average Bonchev–Trinajstić information content (AvgIpc) is 3.75. The Labute approximate surface area is 234 Å². The molecular weight excluding hydrogens is 526 g/mol. The zero-order valence-corrected chi connectivity index (χ0v) is 22.4. The molecule has 13 heteroatoms. The van der Waals surface area contributed by atoms with Crippen molar-refractivity contribution in [2.24, 2.45) is 0 Å². The van der Waals surface area contributed by atoms with Crippen LogP contribution in [0.1, 0.15) is 29.5 Å². The molecule has 41 heavy (non-hydrogen) atoms. The second kappa shape index (κ2) is 11.1. The van der Waals surface area contributed by atoms with E-state index < -0.39 is 6.09 Å². The van der Waals surface area contributed by atoms with Gasteiger partial charge in [-0.3, -0.25) is 10.1 Å². The smallest absolute Gasteiger partial charge is 0.412 e. The van der Waals surface area contributed by atoms with Crippen LogP contribution in [0.5, 0.6) is 0 Å². The first kappa shape index (κ1) is 26.1. The number of aromatic amines is 1. The Morgan fingerprint density at radius 3 is 2.78 bits per heavy atom. The molecular formula is C28H27N9O4. The van der Waals surface area contributed by atoms with E-state index in [0.29, 0.717) is 18.2 Å². The quantitative estimate of drug-likeness (QED) is 0.275. The molecule has 1 aromatic carbocycles. The number of aromatic nitrogens is 8. The SMILES string of the molecule is COCCOC(=O)Nc1ccc(-c2cnc([C@@H]3CCc4cc(-c5cc(C)ccc5-n5cnnn5)cc(=O)n43)[nH]2)cn1. The van der Waals surface area contributed by atoms with Crippen LogP contribution in [0, 0.1) is 6.92 Å². The van der Waals surface area contributed by atoms with E-state index in [9.17, 15) is 9.59 Å². The lowest BCUT2D eigenvalue weighted by atomic mass is 10.0. The van der Waals surface area contributed by atoms with Crippen molar-refractivity contribution in [2.45, 2.75) is 25.8 Å². The molecule has 0 spiro atoms. The molecule has 1 aliphatic rings. The van der Waals surface area contributed by atoms with E-state index in [2.05, 4.69) is 41.9 Å². The Hall–Kier alpha value is -5.17. The number of carbonyl (C=O) groups excluding carboxylic acids is 1. The van der Waals surface area contributed by atoms with Crippen LogP contribution in [-0.4, -0.2) is 66.1 Å². The third kappa shape index (κ3) is 5.34. The highest BCUT2D eigenvalue weighted by Crippen LogP contribution is 2.33. The molecule has 6 rings (SSSR count). The van der Waals surface area contributed by atoms with Crippen molar-refractivity contribution in [3.63, 3.8) is 0 Å². The van der Waals surface area contributed by atoms with Crippen LogP contribution < -0.4 is 10.9 Å². The molecule has 2 N–H and O–H groups in total. The van der Waals surface area contributed by atoms with E-state index in [4.69, 9.17) is 9.47 Å². The maximum absolute atomic E-state index is 13.5. The highest BCUT2D eigenvalue weighted by Gasteiger charge is 2.28. The molecule has 0 saturated carbocycles. The summed E-state index contributed by atoms with van der Waals surface area (Å²) >= 11 is 0. The number of pyridine rings is 2. The third-order valence-corrected chi connectivity index (χ3v) is 6.93. The number of aryl methyl sites for hydroxylation is 2. The molecule has 1 aliphatic heterocycles. The van der Waals surface area contributed by atoms with E-state index in [0.717, 1.165) is 52.2 Å². The predicted octanol–water partition coefficient (Wildman–Crippen LogP) is 3.32. The Bertz CT molecular complexity index is 1740. The van der Waals surface area contributed by atoms with Crippen LogP contribution in [0.15, 0.2) is 66.0 Å². The summed E-state index contributed by atoms with van der Waals surface area (Å²) in [6, 6.07) is 13.0. The second-order valence-corrected chi connectivity index (χ2v) is 9.64. The molecule has 208 valence electrons. The zero-order valence-electron chi connectivity index (χ0n) is 22.4. The van der Waals surface area contributed by atoms with E-state index in [1.54, 1.807) is 33.8 Å². The monoisotopic (exact) mass is 553 g/mol. The van der Waals surface area contributed by atoms with Gasteiger partial charge in [0.1, 0.15) is 24.6 Å². The number of ether oxygens (including phenoxy) is 2. The topological polar surface area (TPSA) is 155 Å². The van der Waals surface area contributed by atoms with Crippen molar-refractivity contribution in [1.29, 1.82) is 0 Å². The minimum absolute atomic E-state index is 0.100. The van der Waals surface area contributed by atoms with Crippen molar-refractivity contribution in [2.75, 3.05) is 25.6 Å². The Balaban J connectivity index is 1.22. The van der Waals surface area contributed by atoms with Crippen molar-refractivity contribution < 1.29 is 14.3 Å². The number of hydrogen-bond acceptors (Lipinski definition) is 9. The first-order valence-corrected chi connectivity index (χ1v) is 13.0. The predicted molar refractivity (Wildman–Crippen MR) is 149 cm³/mol. The van der Waals surface area contributed by atoms with E-state index in [-0.39, 0.29) is 18.2 Å². The average molecular weight is 554 g/mol. The van der Waals surface area contributed by atoms with Crippen molar-refractivity contribution >= 4 is 11.9 Å². The molecule has 13 nitrogen and oxygen atoms in total. The fourth-order valence-electron chi connectivity index (χ4n) is 5.00. The third-order valence-electron chi connectivity index (χ3n) is 6.93. The number of carbonyl (C=O) groups is 1. The molecule has 1 atom stereocenters. The number of nitrogens with one attached hydrogen (secondary N) is 2. The van der Waals surface area contributed by atoms with Gasteiger partial charge in [0.25, 0.3) is 5.56 Å². The van der Waals surface area contributed by atoms with Gasteiger partial charge in [0, 0.05) is 36.2 Å². The Morgan fingerprint density at radius 2 is 2.00 bits per heavy atom. The van der Waals surface area contributed by atoms with Gasteiger partial charge >= 0.3 is 6.09 Å². The number of imidazole rings is 1. The minimum atomic E-state index is -0.603. The summed E-state index contributed by atoms with van der Waals surface area (Å²) in [6.07, 6.45) is 5.77. The summed E-state index contributed by atoms with van der Waals surface area (Å²) in [5.74, 6) is 1.06. The summed E-state index contributed by atoms with van der Waals surface area (Å²) in [5.41, 5.74) is 5.95. The normalized spacial score (nSPS) is 14.1. The standard InChI is InChI=1S/C28H27N9O4/c1-17-3-6-23(36-16-31-34-35-36)21(11-17)19-12-20-5-7-24(37(20)26(38)13-19)27-30-15-22(32-27)18-4-8-25(29-14-18)33-28(39)41-10-9-40-2/h3-4,6,8,11-16,24H,5,7,9-10H2,1-2H3,(H,30,32)(H,29,33,39)/t24-/m0/s1. The number of H-pyrrole nitrogens is 1. The van der Waals surface area contributed by atoms with Gasteiger partial charge in [-0.2, -0.15) is 4.68 Å². The number of rotatable bonds is 8. The van der Waals surface area contributed by atoms with Crippen LogP contribution in [0.4, 0.5) is 10.6 Å². The lowest BCUT2D eigenvalue weighted by Gasteiger charge is -2.15. The number of methoxy groups -OCH3 is 1. The molecule has 5 aromatic rings. The van der Waals surface area contributed by atoms with Gasteiger partial charge in [-0.15, -0.1) is 5.10 Å². The van der Waals surface area contributed by atoms with Gasteiger partial charge in [-0.05, 0) is 66.1 Å². The fourth-order valence-corrected chi connectivity index (χ4v) is 5.00. The molecule has 0 radical (unpaired) electrons. The maximum Gasteiger partial charge on any atom is 0.412 e. The summed E-state index contributed by atoms with van der Waals surface area (Å²) in [4.78, 5) is 37.5. The highest BCUT2D eigenvalue weighted by atomic mass is 16.6. The van der Waals surface area contributed by atoms with Gasteiger partial charge < -0.3 is 19.0 Å². The van der Waals surface area contributed by atoms with Crippen molar-refractivity contribution in [1.82, 2.24) is 39.7 Å². The van der Waals surface area contributed by atoms with Crippen LogP contribution in [0.3, 0.4) is 0 Å². The number of amides is 1. The molecule has 0 fully saturated rings. The van der Waals surface area contributed by atoms with E-state index in [1.165, 1.54) is 13.4 Å². The summed E-state index contributed by atoms with van der Waals surface area (Å²) in [7, 11) is 1.53. The van der Waals surface area contributed by atoms with Gasteiger partial charge in [0.15, 0.2) is 0 Å². The second-order valence-electron chi connectivity index (χ2n) is 9.64. The fraction of sp³-hybridized carbons (Fsp3) is 0.250. The molecule has 0 saturated heterocycles. The van der Waals surface area contributed by atoms with Crippen molar-refractivity contribution in [3.8, 4) is 28.1 Å². The number of anilines is 1. The van der Waals surface area contributed by atoms with Crippen molar-refractivity contribution in [3.05, 3.63) is 88.6 Å². The lowest BCUT2D eigenvalue weighted by molar-refractivity contribution is 0.107. The minimum Gasteiger partial charge on any atom is -0.447 e. The van der Waals surface area contributed by atoms with Gasteiger partial charge in [0.2, 0.25) is 0 Å². The Kier molecular flexibility index (Phi) is 7.08. The summed E-state index contributed by atoms with van der Waals surface area (Å²) in [6.45, 7) is 2.48. The van der Waals surface area contributed by atoms with Gasteiger partial charge in [0.05, 0.1) is 30.2 Å². The molecule has 0 unspecified atom stereocenters. The first-order chi connectivity index (χ1) is 20.0. The van der Waals surface area contributed by atoms with Crippen LogP contribution in [-0.2, 0) is 15.9 Å². The van der Waals surface area contributed by atoms with E-state index >= 15 is 0 Å². The van der Waals surface area contributed by atoms with Gasteiger partial charge in [-0.1, -0.05) is 11.6 Å². The molecule has 0 aliphatic carbocycles. The number of nitrogens with zero attached hydrogens (tertiary/aromatic N) is 7. The number of benzene rings is 1. The number of tetrazole rings is 1. The summed E-state index contributed by atoms with van der Waals surface area (Å²) in [5, 5.41) is 14.1. The Morgan fingerprint density at radius 1 is 1.10 bits per heavy atom. The van der Waals surface area contributed by atoms with Gasteiger partial charge in [-0.25, -0.2) is 14.8 Å². The largest absolute Gasteiger partial charge is 0.447 e. The molecule has 5 heterocycles. The van der Waals surface area contributed by atoms with Crippen LogP contribution in [0.2, 0.25) is 0 Å². The number of hydrogen-bond donors (Lipinski definition) is 2. The molecule has 1 amide bonds. The van der Waals surface area contributed by atoms with E-state index in [1.807, 2.05) is 31.2 Å².